The van der Waals surface area contributed by atoms with Crippen LogP contribution in [0.4, 0.5) is 0 Å². The van der Waals surface area contributed by atoms with Crippen molar-refractivity contribution in [2.45, 2.75) is 26.4 Å². The van der Waals surface area contributed by atoms with Gasteiger partial charge in [-0.2, -0.15) is 0 Å². The van der Waals surface area contributed by atoms with E-state index < -0.39 is 12.0 Å². The van der Waals surface area contributed by atoms with Crippen molar-refractivity contribution < 1.29 is 9.90 Å². The van der Waals surface area contributed by atoms with Crippen molar-refractivity contribution in [1.82, 2.24) is 10.3 Å². The first-order valence-electron chi connectivity index (χ1n) is 7.03. The van der Waals surface area contributed by atoms with Gasteiger partial charge >= 0.3 is 5.97 Å². The van der Waals surface area contributed by atoms with Crippen LogP contribution in [0.2, 0.25) is 0 Å². The van der Waals surface area contributed by atoms with E-state index in [1.54, 1.807) is 6.20 Å². The number of rotatable bonds is 6. The standard InChI is InChI=1S/C17H20N2O2/c1-12(2)16(17(20)21)19-10-13-5-3-6-14(9-13)15-7-4-8-18-11-15/h3-9,11-12,16,19H,10H2,1-2H3,(H,20,21)/t16-/m1/s1. The normalized spacial score (nSPS) is 12.3. The average Bonchev–Trinajstić information content (AvgIpc) is 2.48. The third-order valence-electron chi connectivity index (χ3n) is 3.38. The Kier molecular flexibility index (Phi) is 5.06. The molecule has 0 aliphatic heterocycles. The lowest BCUT2D eigenvalue weighted by atomic mass is 10.0. The van der Waals surface area contributed by atoms with Crippen molar-refractivity contribution in [2.75, 3.05) is 0 Å². The van der Waals surface area contributed by atoms with Crippen LogP contribution in [0.25, 0.3) is 11.1 Å². The van der Waals surface area contributed by atoms with Crippen LogP contribution in [0, 0.1) is 5.92 Å². The van der Waals surface area contributed by atoms with Crippen LogP contribution in [0.1, 0.15) is 19.4 Å². The second-order valence-electron chi connectivity index (χ2n) is 5.38. The van der Waals surface area contributed by atoms with Gasteiger partial charge in [0.05, 0.1) is 0 Å². The lowest BCUT2D eigenvalue weighted by Crippen LogP contribution is -2.40. The van der Waals surface area contributed by atoms with Gasteiger partial charge < -0.3 is 10.4 Å². The molecular formula is C17H20N2O2. The fourth-order valence-electron chi connectivity index (χ4n) is 2.23. The van der Waals surface area contributed by atoms with E-state index in [0.717, 1.165) is 16.7 Å². The van der Waals surface area contributed by atoms with Crippen LogP contribution >= 0.6 is 0 Å². The van der Waals surface area contributed by atoms with E-state index >= 15 is 0 Å². The molecule has 0 spiro atoms. The fourth-order valence-corrected chi connectivity index (χ4v) is 2.23. The summed E-state index contributed by atoms with van der Waals surface area (Å²) < 4.78 is 0. The second-order valence-corrected chi connectivity index (χ2v) is 5.38. The minimum Gasteiger partial charge on any atom is -0.480 e. The topological polar surface area (TPSA) is 62.2 Å². The Morgan fingerprint density at radius 3 is 2.62 bits per heavy atom. The number of pyridine rings is 1. The highest BCUT2D eigenvalue weighted by atomic mass is 16.4. The summed E-state index contributed by atoms with van der Waals surface area (Å²) in [6, 6.07) is 11.4. The molecule has 21 heavy (non-hydrogen) atoms. The van der Waals surface area contributed by atoms with E-state index in [1.807, 2.05) is 50.4 Å². The molecule has 1 heterocycles. The lowest BCUT2D eigenvalue weighted by molar-refractivity contribution is -0.140. The van der Waals surface area contributed by atoms with E-state index in [0.29, 0.717) is 6.54 Å². The molecule has 0 unspecified atom stereocenters. The van der Waals surface area contributed by atoms with Gasteiger partial charge in [0.1, 0.15) is 6.04 Å². The first-order valence-corrected chi connectivity index (χ1v) is 7.03. The highest BCUT2D eigenvalue weighted by molar-refractivity contribution is 5.73. The van der Waals surface area contributed by atoms with Crippen molar-refractivity contribution in [3.8, 4) is 11.1 Å². The number of carbonyl (C=O) groups is 1. The van der Waals surface area contributed by atoms with Crippen LogP contribution in [0.5, 0.6) is 0 Å². The van der Waals surface area contributed by atoms with E-state index in [-0.39, 0.29) is 5.92 Å². The van der Waals surface area contributed by atoms with Gasteiger partial charge in [-0.3, -0.25) is 9.78 Å². The summed E-state index contributed by atoms with van der Waals surface area (Å²) >= 11 is 0. The number of nitrogens with one attached hydrogen (secondary N) is 1. The molecule has 4 heteroatoms. The summed E-state index contributed by atoms with van der Waals surface area (Å²) in [5.41, 5.74) is 3.19. The minimum atomic E-state index is -0.812. The van der Waals surface area contributed by atoms with Crippen LogP contribution in [0.3, 0.4) is 0 Å². The van der Waals surface area contributed by atoms with Crippen molar-refractivity contribution in [1.29, 1.82) is 0 Å². The summed E-state index contributed by atoms with van der Waals surface area (Å²) in [5.74, 6) is -0.766. The Balaban J connectivity index is 2.10. The monoisotopic (exact) mass is 284 g/mol. The van der Waals surface area contributed by atoms with E-state index in [2.05, 4.69) is 16.4 Å². The molecule has 0 aliphatic rings. The van der Waals surface area contributed by atoms with Crippen LogP contribution in [-0.2, 0) is 11.3 Å². The first-order chi connectivity index (χ1) is 10.1. The number of nitrogens with zero attached hydrogens (tertiary/aromatic N) is 1. The lowest BCUT2D eigenvalue weighted by Gasteiger charge is -2.18. The smallest absolute Gasteiger partial charge is 0.320 e. The maximum atomic E-state index is 11.2. The molecule has 0 radical (unpaired) electrons. The minimum absolute atomic E-state index is 0.0454. The predicted molar refractivity (Wildman–Crippen MR) is 82.8 cm³/mol. The van der Waals surface area contributed by atoms with E-state index in [1.165, 1.54) is 0 Å². The van der Waals surface area contributed by atoms with Gasteiger partial charge in [-0.1, -0.05) is 38.1 Å². The number of carboxylic acid groups (broad SMARTS) is 1. The van der Waals surface area contributed by atoms with Gasteiger partial charge in [0.15, 0.2) is 0 Å². The summed E-state index contributed by atoms with van der Waals surface area (Å²) in [6.07, 6.45) is 3.57. The third-order valence-corrected chi connectivity index (χ3v) is 3.38. The van der Waals surface area contributed by atoms with E-state index in [9.17, 15) is 9.90 Å². The molecule has 0 amide bonds. The largest absolute Gasteiger partial charge is 0.480 e. The average molecular weight is 284 g/mol. The molecule has 2 rings (SSSR count). The summed E-state index contributed by atoms with van der Waals surface area (Å²) in [7, 11) is 0. The van der Waals surface area contributed by atoms with Crippen LogP contribution < -0.4 is 5.32 Å². The Hall–Kier alpha value is -2.20. The van der Waals surface area contributed by atoms with Crippen molar-refractivity contribution in [3.05, 3.63) is 54.4 Å². The zero-order chi connectivity index (χ0) is 15.2. The molecule has 0 bridgehead atoms. The molecule has 1 aromatic carbocycles. The summed E-state index contributed by atoms with van der Waals surface area (Å²) in [4.78, 5) is 15.3. The number of hydrogen-bond acceptors (Lipinski definition) is 3. The molecule has 0 saturated carbocycles. The molecular weight excluding hydrogens is 264 g/mol. The first kappa shape index (κ1) is 15.2. The van der Waals surface area contributed by atoms with Crippen LogP contribution in [-0.4, -0.2) is 22.1 Å². The number of hydrogen-bond donors (Lipinski definition) is 2. The summed E-state index contributed by atoms with van der Waals surface area (Å²) in [6.45, 7) is 4.33. The zero-order valence-electron chi connectivity index (χ0n) is 12.3. The Morgan fingerprint density at radius 2 is 2.00 bits per heavy atom. The van der Waals surface area contributed by atoms with Crippen molar-refractivity contribution in [3.63, 3.8) is 0 Å². The third kappa shape index (κ3) is 4.13. The SMILES string of the molecule is CC(C)[C@@H](NCc1cccc(-c2cccnc2)c1)C(=O)O. The number of aliphatic carboxylic acids is 1. The molecule has 110 valence electrons. The van der Waals surface area contributed by atoms with Gasteiger partial charge in [-0.05, 0) is 34.7 Å². The highest BCUT2D eigenvalue weighted by Crippen LogP contribution is 2.19. The Morgan fingerprint density at radius 1 is 1.24 bits per heavy atom. The molecule has 0 fully saturated rings. The zero-order valence-corrected chi connectivity index (χ0v) is 12.3. The molecule has 0 saturated heterocycles. The number of benzene rings is 1. The van der Waals surface area contributed by atoms with Crippen LogP contribution in [0.15, 0.2) is 48.8 Å². The Bertz CT molecular complexity index is 597. The maximum Gasteiger partial charge on any atom is 0.320 e. The van der Waals surface area contributed by atoms with Gasteiger partial charge in [0, 0.05) is 18.9 Å². The molecule has 0 aliphatic carbocycles. The molecule has 2 aromatic rings. The van der Waals surface area contributed by atoms with E-state index in [4.69, 9.17) is 0 Å². The quantitative estimate of drug-likeness (QED) is 0.856. The van der Waals surface area contributed by atoms with Gasteiger partial charge in [-0.15, -0.1) is 0 Å². The molecule has 1 atom stereocenters. The second kappa shape index (κ2) is 6.99. The van der Waals surface area contributed by atoms with Gasteiger partial charge in [0.2, 0.25) is 0 Å². The Labute approximate surface area is 124 Å². The number of carboxylic acids is 1. The van der Waals surface area contributed by atoms with Gasteiger partial charge in [-0.25, -0.2) is 0 Å². The molecule has 4 nitrogen and oxygen atoms in total. The van der Waals surface area contributed by atoms with Crippen molar-refractivity contribution in [2.24, 2.45) is 5.92 Å². The molecule has 1 aromatic heterocycles. The summed E-state index contributed by atoms with van der Waals surface area (Å²) in [5, 5.41) is 12.3. The molecule has 2 N–H and O–H groups in total. The highest BCUT2D eigenvalue weighted by Gasteiger charge is 2.20. The van der Waals surface area contributed by atoms with Gasteiger partial charge in [0.25, 0.3) is 0 Å². The maximum absolute atomic E-state index is 11.2. The van der Waals surface area contributed by atoms with Crippen molar-refractivity contribution >= 4 is 5.97 Å². The fraction of sp³-hybridized carbons (Fsp3) is 0.294. The predicted octanol–water partition coefficient (Wildman–Crippen LogP) is 2.95. The number of aromatic nitrogens is 1.